The van der Waals surface area contributed by atoms with Crippen LogP contribution in [0.25, 0.3) is 33.1 Å². The van der Waals surface area contributed by atoms with E-state index in [1.807, 2.05) is 36.4 Å². The Morgan fingerprint density at radius 3 is 2.61 bits per heavy atom. The van der Waals surface area contributed by atoms with Crippen molar-refractivity contribution in [3.05, 3.63) is 111 Å². The minimum absolute atomic E-state index is 0.200. The molecule has 0 spiro atoms. The highest BCUT2D eigenvalue weighted by Crippen LogP contribution is 2.34. The van der Waals surface area contributed by atoms with Gasteiger partial charge in [0, 0.05) is 34.5 Å². The predicted octanol–water partition coefficient (Wildman–Crippen LogP) is 6.73. The number of hydrogen-bond donors (Lipinski definition) is 0. The van der Waals surface area contributed by atoms with Crippen LogP contribution < -0.4 is 10.4 Å². The van der Waals surface area contributed by atoms with Crippen molar-refractivity contribution in [3.63, 3.8) is 0 Å². The Morgan fingerprint density at radius 2 is 1.78 bits per heavy atom. The second kappa shape index (κ2) is 9.18. The van der Waals surface area contributed by atoms with Crippen LogP contribution in [-0.4, -0.2) is 15.0 Å². The van der Waals surface area contributed by atoms with Gasteiger partial charge in [0.15, 0.2) is 0 Å². The first-order valence-electron chi connectivity index (χ1n) is 11.0. The van der Waals surface area contributed by atoms with Gasteiger partial charge in [-0.25, -0.2) is 9.48 Å². The highest BCUT2D eigenvalue weighted by molar-refractivity contribution is 6.42. The summed E-state index contributed by atoms with van der Waals surface area (Å²) < 4.78 is 18.6. The molecule has 0 saturated carbocycles. The molecular weight excluding hydrogens is 501 g/mol. The van der Waals surface area contributed by atoms with Gasteiger partial charge in [-0.2, -0.15) is 0 Å². The molecule has 0 radical (unpaired) electrons. The lowest BCUT2D eigenvalue weighted by Crippen LogP contribution is -2.06. The van der Waals surface area contributed by atoms with Crippen molar-refractivity contribution < 1.29 is 13.6 Å². The van der Waals surface area contributed by atoms with E-state index in [4.69, 9.17) is 36.8 Å². The molecule has 6 rings (SSSR count). The zero-order valence-corrected chi connectivity index (χ0v) is 20.2. The van der Waals surface area contributed by atoms with Gasteiger partial charge in [-0.1, -0.05) is 58.7 Å². The van der Waals surface area contributed by atoms with Gasteiger partial charge < -0.3 is 13.6 Å². The van der Waals surface area contributed by atoms with Crippen molar-refractivity contribution in [2.45, 2.75) is 13.2 Å². The van der Waals surface area contributed by atoms with Crippen molar-refractivity contribution in [1.29, 1.82) is 0 Å². The van der Waals surface area contributed by atoms with Crippen LogP contribution in [0.5, 0.6) is 5.75 Å². The smallest absolute Gasteiger partial charge is 0.336 e. The molecule has 3 aromatic carbocycles. The second-order valence-corrected chi connectivity index (χ2v) is 9.04. The third-order valence-corrected chi connectivity index (χ3v) is 6.54. The highest BCUT2D eigenvalue weighted by atomic mass is 35.5. The quantitative estimate of drug-likeness (QED) is 0.227. The largest absolute Gasteiger partial charge is 0.487 e. The number of ether oxygens (including phenoxy) is 1. The van der Waals surface area contributed by atoms with Gasteiger partial charge in [0.25, 0.3) is 0 Å². The molecule has 3 aromatic heterocycles. The molecule has 9 heteroatoms. The third kappa shape index (κ3) is 4.34. The average Bonchev–Trinajstić information content (AvgIpc) is 3.50. The van der Waals surface area contributed by atoms with Crippen molar-refractivity contribution in [1.82, 2.24) is 15.0 Å². The molecule has 0 atom stereocenters. The van der Waals surface area contributed by atoms with E-state index in [1.165, 1.54) is 6.07 Å². The molecule has 0 N–H and O–H groups in total. The van der Waals surface area contributed by atoms with Crippen LogP contribution >= 0.6 is 23.2 Å². The van der Waals surface area contributed by atoms with Crippen molar-refractivity contribution in [2.24, 2.45) is 0 Å². The van der Waals surface area contributed by atoms with Crippen LogP contribution in [0.1, 0.15) is 11.3 Å². The monoisotopic (exact) mass is 517 g/mol. The summed E-state index contributed by atoms with van der Waals surface area (Å²) in [6, 6.07) is 20.2. The van der Waals surface area contributed by atoms with Crippen LogP contribution in [-0.2, 0) is 13.2 Å². The molecule has 0 aliphatic heterocycles. The van der Waals surface area contributed by atoms with E-state index in [1.54, 1.807) is 41.4 Å². The molecule has 3 heterocycles. The number of rotatable bonds is 6. The summed E-state index contributed by atoms with van der Waals surface area (Å²) in [5, 5.41) is 11.0. The van der Waals surface area contributed by atoms with E-state index in [0.29, 0.717) is 39.2 Å². The molecule has 178 valence electrons. The molecule has 0 bridgehead atoms. The summed E-state index contributed by atoms with van der Waals surface area (Å²) in [6.07, 6.45) is 3.48. The highest BCUT2D eigenvalue weighted by Gasteiger charge is 2.14. The van der Waals surface area contributed by atoms with Gasteiger partial charge >= 0.3 is 5.63 Å². The van der Waals surface area contributed by atoms with E-state index < -0.39 is 5.63 Å². The Labute approximate surface area is 214 Å². The van der Waals surface area contributed by atoms with Crippen LogP contribution in [0.2, 0.25) is 10.0 Å². The molecule has 0 aliphatic carbocycles. The summed E-state index contributed by atoms with van der Waals surface area (Å²) >= 11 is 12.0. The number of furan rings is 1. The zero-order chi connectivity index (χ0) is 24.6. The Morgan fingerprint density at radius 1 is 0.917 bits per heavy atom. The summed E-state index contributed by atoms with van der Waals surface area (Å²) in [7, 11) is 0. The normalized spacial score (nSPS) is 11.4. The van der Waals surface area contributed by atoms with Crippen LogP contribution in [0.3, 0.4) is 0 Å². The first-order valence-corrected chi connectivity index (χ1v) is 11.8. The van der Waals surface area contributed by atoms with Gasteiger partial charge in [-0.3, -0.25) is 0 Å². The fourth-order valence-electron chi connectivity index (χ4n) is 4.10. The molecule has 6 aromatic rings. The van der Waals surface area contributed by atoms with Crippen molar-refractivity contribution >= 4 is 45.1 Å². The van der Waals surface area contributed by atoms with Crippen molar-refractivity contribution in [2.75, 3.05) is 0 Å². The lowest BCUT2D eigenvalue weighted by molar-refractivity contribution is 0.301. The Balaban J connectivity index is 1.30. The number of fused-ring (bicyclic) bond motifs is 2. The third-order valence-electron chi connectivity index (χ3n) is 5.81. The van der Waals surface area contributed by atoms with Gasteiger partial charge in [0.2, 0.25) is 0 Å². The summed E-state index contributed by atoms with van der Waals surface area (Å²) in [6.45, 7) is 0.525. The Hall–Kier alpha value is -4.07. The fourth-order valence-corrected chi connectivity index (χ4v) is 4.39. The van der Waals surface area contributed by atoms with E-state index >= 15 is 0 Å². The Bertz CT molecular complexity index is 1770. The predicted molar refractivity (Wildman–Crippen MR) is 138 cm³/mol. The standard InChI is InChI=1S/C27H17Cl2N3O4/c28-23-7-6-19(9-24(23)29)34-14-18-13-32(31-30-18)12-17-8-27(33)36-26-11-25-21(10-20(17)26)22(15-35-25)16-4-2-1-3-5-16/h1-11,13,15H,12,14H2. The van der Waals surface area contributed by atoms with Gasteiger partial charge in [-0.15, -0.1) is 5.10 Å². The fraction of sp³-hybridized carbons (Fsp3) is 0.0741. The Kier molecular flexibility index (Phi) is 5.71. The maximum Gasteiger partial charge on any atom is 0.336 e. The van der Waals surface area contributed by atoms with E-state index in [9.17, 15) is 4.79 Å². The molecular formula is C27H17Cl2N3O4. The summed E-state index contributed by atoms with van der Waals surface area (Å²) in [5.74, 6) is 0.573. The molecule has 7 nitrogen and oxygen atoms in total. The molecule has 0 amide bonds. The number of benzene rings is 3. The number of nitrogens with zero attached hydrogens (tertiary/aromatic N) is 3. The lowest BCUT2D eigenvalue weighted by atomic mass is 10.0. The molecule has 0 saturated heterocycles. The first-order chi connectivity index (χ1) is 17.5. The van der Waals surface area contributed by atoms with E-state index in [2.05, 4.69) is 10.3 Å². The molecule has 0 aliphatic rings. The molecule has 0 fully saturated rings. The summed E-state index contributed by atoms with van der Waals surface area (Å²) in [4.78, 5) is 12.3. The second-order valence-electron chi connectivity index (χ2n) is 8.22. The SMILES string of the molecule is O=c1cc(Cn2cc(COc3ccc(Cl)c(Cl)c3)nn2)c2cc3c(-c4ccccc4)coc3cc2o1. The zero-order valence-electron chi connectivity index (χ0n) is 18.7. The van der Waals surface area contributed by atoms with Gasteiger partial charge in [0.1, 0.15) is 29.2 Å². The maximum absolute atomic E-state index is 12.3. The number of halogens is 2. The minimum atomic E-state index is -0.449. The maximum atomic E-state index is 12.3. The van der Waals surface area contributed by atoms with Crippen LogP contribution in [0, 0.1) is 0 Å². The van der Waals surface area contributed by atoms with Gasteiger partial charge in [-0.05, 0) is 29.3 Å². The summed E-state index contributed by atoms with van der Waals surface area (Å²) in [5.41, 5.74) is 4.02. The van der Waals surface area contributed by atoms with Crippen molar-refractivity contribution in [3.8, 4) is 16.9 Å². The van der Waals surface area contributed by atoms with Crippen LogP contribution in [0.4, 0.5) is 0 Å². The van der Waals surface area contributed by atoms with E-state index in [-0.39, 0.29) is 6.61 Å². The molecule has 36 heavy (non-hydrogen) atoms. The number of hydrogen-bond acceptors (Lipinski definition) is 6. The molecule has 0 unspecified atom stereocenters. The lowest BCUT2D eigenvalue weighted by Gasteiger charge is -2.06. The van der Waals surface area contributed by atoms with E-state index in [0.717, 1.165) is 27.5 Å². The first kappa shape index (κ1) is 22.4. The number of aromatic nitrogens is 3. The van der Waals surface area contributed by atoms with Gasteiger partial charge in [0.05, 0.1) is 29.1 Å². The average molecular weight is 518 g/mol. The van der Waals surface area contributed by atoms with Crippen LogP contribution in [0.15, 0.2) is 92.8 Å². The minimum Gasteiger partial charge on any atom is -0.487 e. The topological polar surface area (TPSA) is 83.3 Å².